The lowest BCUT2D eigenvalue weighted by molar-refractivity contribution is 0.0664. The molecule has 4 aromatic heterocycles. The van der Waals surface area contributed by atoms with Crippen molar-refractivity contribution in [2.75, 3.05) is 0 Å². The standard InChI is InChI=1S/C23H19FN2O3.C16H12FNO4/c1-15-11-18(12-16-7-9-19(24)10-8-16)22(28)26-14-20(29-23(15)26)21(27)25-13-17-5-3-2-4-6-17;1-9-6-11(7-10-2-4-12(17)5-3-10)14(19)18-8-13(16(20)21)22-15(9)18/h2-11,14H,12-13H2,1H3,(H,25,27);2-6,8H,7H2,1H3,(H,20,21). The molecule has 10 nitrogen and oxygen atoms in total. The molecule has 0 fully saturated rings. The zero-order valence-corrected chi connectivity index (χ0v) is 27.5. The molecular formula is C39H31F2N3O7. The van der Waals surface area contributed by atoms with E-state index >= 15 is 0 Å². The van der Waals surface area contributed by atoms with E-state index in [0.29, 0.717) is 41.8 Å². The van der Waals surface area contributed by atoms with E-state index in [1.54, 1.807) is 43.3 Å². The van der Waals surface area contributed by atoms with Crippen LogP contribution < -0.4 is 16.4 Å². The Morgan fingerprint density at radius 3 is 1.59 bits per heavy atom. The molecule has 0 radical (unpaired) electrons. The average Bonchev–Trinajstić information content (AvgIpc) is 3.79. The molecule has 0 aliphatic rings. The first-order valence-electron chi connectivity index (χ1n) is 15.8. The Labute approximate surface area is 288 Å². The van der Waals surface area contributed by atoms with Crippen molar-refractivity contribution >= 4 is 23.3 Å². The van der Waals surface area contributed by atoms with Gasteiger partial charge in [-0.05, 0) is 66.9 Å². The number of carboxylic acid groups (broad SMARTS) is 1. The molecule has 258 valence electrons. The monoisotopic (exact) mass is 691 g/mol. The van der Waals surface area contributed by atoms with Crippen molar-refractivity contribution in [3.05, 3.63) is 186 Å². The van der Waals surface area contributed by atoms with Gasteiger partial charge in [0.25, 0.3) is 17.0 Å². The number of hydrogen-bond acceptors (Lipinski definition) is 6. The Kier molecular flexibility index (Phi) is 9.76. The number of rotatable bonds is 8. The molecule has 2 N–H and O–H groups in total. The lowest BCUT2D eigenvalue weighted by atomic mass is 10.1. The highest BCUT2D eigenvalue weighted by atomic mass is 19.1. The Morgan fingerprint density at radius 1 is 0.667 bits per heavy atom. The fraction of sp³-hybridized carbons (Fsp3) is 0.128. The molecule has 3 aromatic carbocycles. The predicted octanol–water partition coefficient (Wildman–Crippen LogP) is 6.49. The maximum absolute atomic E-state index is 13.1. The zero-order valence-electron chi connectivity index (χ0n) is 27.5. The molecule has 0 unspecified atom stereocenters. The highest BCUT2D eigenvalue weighted by Crippen LogP contribution is 2.18. The van der Waals surface area contributed by atoms with E-state index in [1.807, 2.05) is 37.3 Å². The molecule has 0 saturated heterocycles. The molecule has 0 aliphatic carbocycles. The van der Waals surface area contributed by atoms with Gasteiger partial charge in [0.1, 0.15) is 11.6 Å². The molecule has 0 saturated carbocycles. The van der Waals surface area contributed by atoms with Crippen molar-refractivity contribution in [2.24, 2.45) is 0 Å². The summed E-state index contributed by atoms with van der Waals surface area (Å²) in [7, 11) is 0. The van der Waals surface area contributed by atoms with Crippen LogP contribution in [-0.4, -0.2) is 25.8 Å². The van der Waals surface area contributed by atoms with Crippen LogP contribution in [0.25, 0.3) is 11.4 Å². The van der Waals surface area contributed by atoms with Gasteiger partial charge in [-0.1, -0.05) is 54.6 Å². The van der Waals surface area contributed by atoms with E-state index in [-0.39, 0.29) is 40.0 Å². The molecule has 4 heterocycles. The van der Waals surface area contributed by atoms with E-state index in [0.717, 1.165) is 22.3 Å². The molecule has 12 heteroatoms. The third kappa shape index (κ3) is 7.70. The Bertz CT molecular complexity index is 2500. The Balaban J connectivity index is 0.000000183. The van der Waals surface area contributed by atoms with Crippen molar-refractivity contribution in [1.82, 2.24) is 14.1 Å². The lowest BCUT2D eigenvalue weighted by Gasteiger charge is -2.04. The summed E-state index contributed by atoms with van der Waals surface area (Å²) in [5.74, 6) is -2.51. The second kappa shape index (κ2) is 14.5. The van der Waals surface area contributed by atoms with Crippen LogP contribution in [0.4, 0.5) is 8.78 Å². The largest absolute Gasteiger partial charge is 0.475 e. The number of nitrogens with one attached hydrogen (secondary N) is 1. The van der Waals surface area contributed by atoms with Gasteiger partial charge in [-0.3, -0.25) is 14.4 Å². The summed E-state index contributed by atoms with van der Waals surface area (Å²) in [5, 5.41) is 11.7. The number of aromatic carboxylic acids is 1. The first-order chi connectivity index (χ1) is 24.5. The summed E-state index contributed by atoms with van der Waals surface area (Å²) in [4.78, 5) is 48.7. The summed E-state index contributed by atoms with van der Waals surface area (Å²) in [6, 6.07) is 24.8. The van der Waals surface area contributed by atoms with Gasteiger partial charge in [-0.15, -0.1) is 0 Å². The summed E-state index contributed by atoms with van der Waals surface area (Å²) in [5.41, 5.74) is 4.95. The van der Waals surface area contributed by atoms with Crippen molar-refractivity contribution in [3.63, 3.8) is 0 Å². The molecule has 1 amide bonds. The van der Waals surface area contributed by atoms with E-state index in [2.05, 4.69) is 5.32 Å². The first kappa shape index (κ1) is 34.3. The van der Waals surface area contributed by atoms with E-state index in [1.165, 1.54) is 45.5 Å². The summed E-state index contributed by atoms with van der Waals surface area (Å²) in [6.07, 6.45) is 3.28. The van der Waals surface area contributed by atoms with Crippen LogP contribution in [0.3, 0.4) is 0 Å². The summed E-state index contributed by atoms with van der Waals surface area (Å²) < 4.78 is 39.4. The number of nitrogens with zero attached hydrogens (tertiary/aromatic N) is 2. The fourth-order valence-electron chi connectivity index (χ4n) is 5.60. The predicted molar refractivity (Wildman–Crippen MR) is 184 cm³/mol. The van der Waals surface area contributed by atoms with E-state index in [4.69, 9.17) is 13.9 Å². The van der Waals surface area contributed by atoms with Gasteiger partial charge in [0.15, 0.2) is 0 Å². The number of hydrogen-bond donors (Lipinski definition) is 2. The van der Waals surface area contributed by atoms with Crippen LogP contribution in [0.2, 0.25) is 0 Å². The molecule has 7 rings (SSSR count). The smallest absolute Gasteiger partial charge is 0.373 e. The highest BCUT2D eigenvalue weighted by Gasteiger charge is 2.18. The van der Waals surface area contributed by atoms with Gasteiger partial charge in [0.05, 0.1) is 12.4 Å². The van der Waals surface area contributed by atoms with Gasteiger partial charge >= 0.3 is 5.97 Å². The number of pyridine rings is 2. The molecule has 7 aromatic rings. The summed E-state index contributed by atoms with van der Waals surface area (Å²) in [6.45, 7) is 3.91. The topological polar surface area (TPSA) is 136 Å². The Hall–Kier alpha value is -6.56. The minimum absolute atomic E-state index is 0.0695. The molecule has 51 heavy (non-hydrogen) atoms. The number of amides is 1. The number of benzene rings is 3. The van der Waals surface area contributed by atoms with Crippen molar-refractivity contribution in [2.45, 2.75) is 33.2 Å². The molecule has 0 atom stereocenters. The normalized spacial score (nSPS) is 11.0. The van der Waals surface area contributed by atoms with Gasteiger partial charge in [0, 0.05) is 41.6 Å². The highest BCUT2D eigenvalue weighted by molar-refractivity contribution is 5.91. The van der Waals surface area contributed by atoms with Crippen LogP contribution >= 0.6 is 0 Å². The number of carbonyl (C=O) groups is 2. The maximum Gasteiger partial charge on any atom is 0.373 e. The van der Waals surface area contributed by atoms with Gasteiger partial charge < -0.3 is 19.3 Å². The number of aromatic nitrogens is 2. The third-order valence-corrected chi connectivity index (χ3v) is 8.13. The van der Waals surface area contributed by atoms with E-state index < -0.39 is 11.9 Å². The Morgan fingerprint density at radius 2 is 1.12 bits per heavy atom. The zero-order chi connectivity index (χ0) is 36.2. The average molecular weight is 692 g/mol. The van der Waals surface area contributed by atoms with Crippen LogP contribution in [0, 0.1) is 25.5 Å². The summed E-state index contributed by atoms with van der Waals surface area (Å²) >= 11 is 0. The quantitative estimate of drug-likeness (QED) is 0.186. The van der Waals surface area contributed by atoms with Crippen molar-refractivity contribution in [1.29, 1.82) is 0 Å². The minimum Gasteiger partial charge on any atom is -0.475 e. The number of halogens is 2. The van der Waals surface area contributed by atoms with Gasteiger partial charge in [-0.2, -0.15) is 0 Å². The second-order valence-corrected chi connectivity index (χ2v) is 11.9. The number of carboxylic acids is 1. The first-order valence-corrected chi connectivity index (χ1v) is 15.8. The number of carbonyl (C=O) groups excluding carboxylic acids is 1. The molecule has 0 aliphatic heterocycles. The van der Waals surface area contributed by atoms with Crippen molar-refractivity contribution in [3.8, 4) is 0 Å². The van der Waals surface area contributed by atoms with Gasteiger partial charge in [-0.25, -0.2) is 22.4 Å². The third-order valence-electron chi connectivity index (χ3n) is 8.13. The molecule has 0 bridgehead atoms. The minimum atomic E-state index is -1.23. The number of oxazole rings is 2. The van der Waals surface area contributed by atoms with Crippen LogP contribution in [-0.2, 0) is 19.4 Å². The van der Waals surface area contributed by atoms with Crippen LogP contribution in [0.15, 0.2) is 122 Å². The second-order valence-electron chi connectivity index (χ2n) is 11.9. The maximum atomic E-state index is 13.1. The number of fused-ring (bicyclic) bond motifs is 2. The van der Waals surface area contributed by atoms with E-state index in [9.17, 15) is 28.0 Å². The van der Waals surface area contributed by atoms with Crippen LogP contribution in [0.1, 0.15) is 60.1 Å². The molecule has 0 spiro atoms. The molecular weight excluding hydrogens is 660 g/mol. The fourth-order valence-corrected chi connectivity index (χ4v) is 5.60. The van der Waals surface area contributed by atoms with Gasteiger partial charge in [0.2, 0.25) is 22.9 Å². The SMILES string of the molecule is Cc1cc(Cc2ccc(F)cc2)c(=O)n2cc(C(=O)NCc3ccccc3)oc12.Cc1cc(Cc2ccc(F)cc2)c(=O)n2cc(C(=O)O)oc12. The van der Waals surface area contributed by atoms with Crippen molar-refractivity contribution < 1.29 is 32.3 Å². The lowest BCUT2D eigenvalue weighted by Crippen LogP contribution is -2.22. The number of aryl methyl sites for hydroxylation is 2. The van der Waals surface area contributed by atoms with Crippen LogP contribution in [0.5, 0.6) is 0 Å².